The minimum atomic E-state index is -0.835. The van der Waals surface area contributed by atoms with Crippen LogP contribution in [-0.2, 0) is 6.42 Å². The maximum atomic E-state index is 11.7. The zero-order valence-corrected chi connectivity index (χ0v) is 24.8. The van der Waals surface area contributed by atoms with Crippen LogP contribution in [0, 0.1) is 16.0 Å². The molecular formula is C32H41N5O6. The van der Waals surface area contributed by atoms with Gasteiger partial charge < -0.3 is 30.9 Å². The van der Waals surface area contributed by atoms with E-state index in [4.69, 9.17) is 15.2 Å². The minimum absolute atomic E-state index is 0.0186. The van der Waals surface area contributed by atoms with E-state index in [1.807, 2.05) is 26.0 Å². The standard InChI is InChI=1S/C32H41N5O6/c1-32(2,18-22-13-15-25(16-14-22)43-31-26(30(33)39)10-7-17-34-31)36-20-24(38)21-42-28-12-6-11-27(37(40)41)29(28)35-19-23-8-4-3-5-9-23/h6-7,10-17,23-24,35-36,38H,3-5,8-9,18-21H2,1-2H3,(H2,33,39)/t24-/m0/s1. The van der Waals surface area contributed by atoms with Gasteiger partial charge in [0.2, 0.25) is 5.88 Å². The van der Waals surface area contributed by atoms with Gasteiger partial charge in [-0.2, -0.15) is 0 Å². The Morgan fingerprint density at radius 2 is 1.88 bits per heavy atom. The zero-order valence-electron chi connectivity index (χ0n) is 24.8. The molecule has 5 N–H and O–H groups in total. The highest BCUT2D eigenvalue weighted by atomic mass is 16.6. The van der Waals surface area contributed by atoms with E-state index in [1.54, 1.807) is 36.4 Å². The number of aliphatic hydroxyl groups is 1. The van der Waals surface area contributed by atoms with E-state index in [1.165, 1.54) is 31.5 Å². The second-order valence-electron chi connectivity index (χ2n) is 11.7. The highest BCUT2D eigenvalue weighted by Crippen LogP contribution is 2.35. The number of nitro benzene ring substituents is 1. The van der Waals surface area contributed by atoms with Crippen molar-refractivity contribution in [3.8, 4) is 17.4 Å². The Balaban J connectivity index is 1.28. The topological polar surface area (TPSA) is 162 Å². The molecule has 11 nitrogen and oxygen atoms in total. The van der Waals surface area contributed by atoms with E-state index in [2.05, 4.69) is 15.6 Å². The fraction of sp³-hybridized carbons (Fsp3) is 0.438. The third-order valence-corrected chi connectivity index (χ3v) is 7.56. The van der Waals surface area contributed by atoms with Crippen molar-refractivity contribution in [2.75, 3.05) is 25.0 Å². The maximum Gasteiger partial charge on any atom is 0.296 e. The number of pyridine rings is 1. The lowest BCUT2D eigenvalue weighted by Crippen LogP contribution is -2.46. The Labute approximate surface area is 252 Å². The van der Waals surface area contributed by atoms with Gasteiger partial charge in [0.15, 0.2) is 5.69 Å². The Morgan fingerprint density at radius 3 is 2.58 bits per heavy atom. The average Bonchev–Trinajstić information content (AvgIpc) is 2.99. The number of nitrogens with one attached hydrogen (secondary N) is 2. The summed E-state index contributed by atoms with van der Waals surface area (Å²) in [4.78, 5) is 27.0. The Hall–Kier alpha value is -4.22. The number of primary amides is 1. The molecule has 1 aliphatic carbocycles. The van der Waals surface area contributed by atoms with Gasteiger partial charge in [0, 0.05) is 30.9 Å². The number of benzene rings is 2. The molecule has 1 aromatic heterocycles. The molecule has 0 bridgehead atoms. The van der Waals surface area contributed by atoms with E-state index >= 15 is 0 Å². The van der Waals surface area contributed by atoms with Crippen molar-refractivity contribution in [3.05, 3.63) is 82.0 Å². The number of ether oxygens (including phenoxy) is 2. The number of nitrogens with two attached hydrogens (primary N) is 1. The van der Waals surface area contributed by atoms with Crippen LogP contribution >= 0.6 is 0 Å². The number of hydrogen-bond acceptors (Lipinski definition) is 9. The predicted octanol–water partition coefficient (Wildman–Crippen LogP) is 5.22. The third-order valence-electron chi connectivity index (χ3n) is 7.56. The van der Waals surface area contributed by atoms with Crippen LogP contribution in [0.5, 0.6) is 17.4 Å². The fourth-order valence-corrected chi connectivity index (χ4v) is 5.27. The van der Waals surface area contributed by atoms with Gasteiger partial charge in [0.25, 0.3) is 11.6 Å². The summed E-state index contributed by atoms with van der Waals surface area (Å²) >= 11 is 0. The lowest BCUT2D eigenvalue weighted by atomic mass is 9.89. The summed E-state index contributed by atoms with van der Waals surface area (Å²) in [5, 5.41) is 29.0. The smallest absolute Gasteiger partial charge is 0.296 e. The first-order chi connectivity index (χ1) is 20.6. The Kier molecular flexibility index (Phi) is 10.9. The average molecular weight is 592 g/mol. The van der Waals surface area contributed by atoms with Crippen LogP contribution in [0.1, 0.15) is 61.9 Å². The van der Waals surface area contributed by atoms with Gasteiger partial charge in [-0.25, -0.2) is 4.98 Å². The molecule has 0 saturated heterocycles. The largest absolute Gasteiger partial charge is 0.488 e. The first kappa shape index (κ1) is 31.7. The first-order valence-corrected chi connectivity index (χ1v) is 14.7. The van der Waals surface area contributed by atoms with E-state index in [0.717, 1.165) is 18.4 Å². The van der Waals surface area contributed by atoms with E-state index < -0.39 is 16.9 Å². The molecule has 11 heteroatoms. The van der Waals surface area contributed by atoms with Crippen LogP contribution in [0.3, 0.4) is 0 Å². The zero-order chi connectivity index (χ0) is 30.8. The van der Waals surface area contributed by atoms with Crippen LogP contribution in [-0.4, -0.2) is 52.3 Å². The lowest BCUT2D eigenvalue weighted by molar-refractivity contribution is -0.384. The van der Waals surface area contributed by atoms with Crippen LogP contribution < -0.4 is 25.8 Å². The van der Waals surface area contributed by atoms with Crippen molar-refractivity contribution >= 4 is 17.3 Å². The Bertz CT molecular complexity index is 1370. The molecule has 0 aliphatic heterocycles. The van der Waals surface area contributed by atoms with Crippen molar-refractivity contribution in [3.63, 3.8) is 0 Å². The van der Waals surface area contributed by atoms with Crippen molar-refractivity contribution < 1.29 is 24.3 Å². The molecule has 3 aromatic rings. The van der Waals surface area contributed by atoms with Crippen LogP contribution in [0.4, 0.5) is 11.4 Å². The molecule has 0 unspecified atom stereocenters. The highest BCUT2D eigenvalue weighted by Gasteiger charge is 2.23. The van der Waals surface area contributed by atoms with Gasteiger partial charge in [-0.05, 0) is 74.9 Å². The summed E-state index contributed by atoms with van der Waals surface area (Å²) < 4.78 is 11.7. The van der Waals surface area contributed by atoms with Crippen molar-refractivity contribution in [2.45, 2.75) is 64.0 Å². The van der Waals surface area contributed by atoms with E-state index in [9.17, 15) is 20.0 Å². The Morgan fingerprint density at radius 1 is 1.14 bits per heavy atom. The SMILES string of the molecule is CC(C)(Cc1ccc(Oc2ncccc2C(N)=O)cc1)NC[C@H](O)COc1cccc([N+](=O)[O-])c1NCC1CCCCC1. The van der Waals surface area contributed by atoms with Crippen LogP contribution in [0.25, 0.3) is 0 Å². The van der Waals surface area contributed by atoms with Gasteiger partial charge in [0.05, 0.1) is 4.92 Å². The number of β-amino-alcohol motifs (C(OH)–C–C–N with tert-alkyl or cyclic N) is 1. The monoisotopic (exact) mass is 591 g/mol. The summed E-state index contributed by atoms with van der Waals surface area (Å²) in [6.07, 6.45) is 7.21. The number of hydrogen-bond donors (Lipinski definition) is 4. The van der Waals surface area contributed by atoms with Gasteiger partial charge in [-0.3, -0.25) is 14.9 Å². The van der Waals surface area contributed by atoms with Crippen LogP contribution in [0.2, 0.25) is 0 Å². The number of nitro groups is 1. The molecule has 1 atom stereocenters. The number of aliphatic hydroxyl groups excluding tert-OH is 1. The molecular weight excluding hydrogens is 550 g/mol. The minimum Gasteiger partial charge on any atom is -0.488 e. The molecule has 0 spiro atoms. The molecule has 43 heavy (non-hydrogen) atoms. The van der Waals surface area contributed by atoms with E-state index in [-0.39, 0.29) is 35.8 Å². The second-order valence-corrected chi connectivity index (χ2v) is 11.7. The van der Waals surface area contributed by atoms with Gasteiger partial charge in [0.1, 0.15) is 29.8 Å². The molecule has 1 aliphatic rings. The van der Waals surface area contributed by atoms with Gasteiger partial charge >= 0.3 is 0 Å². The van der Waals surface area contributed by atoms with Crippen LogP contribution in [0.15, 0.2) is 60.8 Å². The number of carbonyl (C=O) groups is 1. The fourth-order valence-electron chi connectivity index (χ4n) is 5.27. The highest BCUT2D eigenvalue weighted by molar-refractivity contribution is 5.95. The van der Waals surface area contributed by atoms with Gasteiger partial charge in [-0.15, -0.1) is 0 Å². The van der Waals surface area contributed by atoms with Crippen molar-refractivity contribution in [1.29, 1.82) is 0 Å². The second kappa shape index (κ2) is 14.8. The molecule has 1 heterocycles. The summed E-state index contributed by atoms with van der Waals surface area (Å²) in [5.41, 5.74) is 6.61. The maximum absolute atomic E-state index is 11.7. The molecule has 1 amide bonds. The first-order valence-electron chi connectivity index (χ1n) is 14.7. The number of nitrogens with zero attached hydrogens (tertiary/aromatic N) is 2. The van der Waals surface area contributed by atoms with E-state index in [0.29, 0.717) is 36.1 Å². The number of amides is 1. The quantitative estimate of drug-likeness (QED) is 0.137. The molecule has 1 saturated carbocycles. The number of carbonyl (C=O) groups excluding carboxylic acids is 1. The molecule has 1 fully saturated rings. The molecule has 2 aromatic carbocycles. The number of anilines is 1. The molecule has 4 rings (SSSR count). The summed E-state index contributed by atoms with van der Waals surface area (Å²) in [6, 6.07) is 15.4. The van der Waals surface area contributed by atoms with Crippen molar-refractivity contribution in [2.24, 2.45) is 11.7 Å². The molecule has 230 valence electrons. The number of aromatic nitrogens is 1. The summed E-state index contributed by atoms with van der Waals surface area (Å²) in [5.74, 6) is 0.907. The van der Waals surface area contributed by atoms with Crippen molar-refractivity contribution in [1.82, 2.24) is 10.3 Å². The molecule has 0 radical (unpaired) electrons. The van der Waals surface area contributed by atoms with Gasteiger partial charge in [-0.1, -0.05) is 37.5 Å². The lowest BCUT2D eigenvalue weighted by Gasteiger charge is -2.28. The number of rotatable bonds is 15. The summed E-state index contributed by atoms with van der Waals surface area (Å²) in [7, 11) is 0. The summed E-state index contributed by atoms with van der Waals surface area (Å²) in [6.45, 7) is 4.97. The predicted molar refractivity (Wildman–Crippen MR) is 165 cm³/mol. The number of para-hydroxylation sites is 1. The third kappa shape index (κ3) is 9.39. The normalized spacial score (nSPS) is 14.6.